The molecular weight excluding hydrogens is 344 g/mol. The zero-order chi connectivity index (χ0) is 18.4. The van der Waals surface area contributed by atoms with Crippen LogP contribution in [0.2, 0.25) is 0 Å². The third-order valence-electron chi connectivity index (χ3n) is 4.09. The number of aryl methyl sites for hydroxylation is 1. The van der Waals surface area contributed by atoms with Gasteiger partial charge in [0.15, 0.2) is 0 Å². The SMILES string of the molecule is CCN(CCC(=O)O)C(=O)CCc1ccc(S(=O)(=O)NC2CC2)cc1. The predicted molar refractivity (Wildman–Crippen MR) is 92.6 cm³/mol. The maximum Gasteiger partial charge on any atom is 0.305 e. The van der Waals surface area contributed by atoms with Crippen LogP contribution in [-0.4, -0.2) is 49.4 Å². The number of sulfonamides is 1. The molecule has 2 N–H and O–H groups in total. The summed E-state index contributed by atoms with van der Waals surface area (Å²) in [6.45, 7) is 2.48. The van der Waals surface area contributed by atoms with Gasteiger partial charge in [-0.15, -0.1) is 0 Å². The molecule has 1 amide bonds. The maximum atomic E-state index is 12.1. The average Bonchev–Trinajstić information content (AvgIpc) is 3.37. The first-order chi connectivity index (χ1) is 11.8. The number of rotatable bonds is 10. The Bertz CT molecular complexity index is 711. The van der Waals surface area contributed by atoms with Gasteiger partial charge in [-0.05, 0) is 43.9 Å². The Hall–Kier alpha value is -1.93. The summed E-state index contributed by atoms with van der Waals surface area (Å²) < 4.78 is 26.8. The van der Waals surface area contributed by atoms with E-state index in [-0.39, 0.29) is 36.2 Å². The Kier molecular flexibility index (Phi) is 6.55. The summed E-state index contributed by atoms with van der Waals surface area (Å²) in [5, 5.41) is 8.71. The van der Waals surface area contributed by atoms with Crippen LogP contribution in [0.25, 0.3) is 0 Å². The standard InChI is InChI=1S/C17H24N2O5S/c1-2-19(12-11-17(21)22)16(20)10-5-13-3-8-15(9-4-13)25(23,24)18-14-6-7-14/h3-4,8-9,14,18H,2,5-7,10-12H2,1H3,(H,21,22). The topological polar surface area (TPSA) is 104 Å². The van der Waals surface area contributed by atoms with Crippen LogP contribution < -0.4 is 4.72 Å². The van der Waals surface area contributed by atoms with Crippen molar-refractivity contribution in [3.05, 3.63) is 29.8 Å². The van der Waals surface area contributed by atoms with Gasteiger partial charge in [0.25, 0.3) is 0 Å². The highest BCUT2D eigenvalue weighted by molar-refractivity contribution is 7.89. The summed E-state index contributed by atoms with van der Waals surface area (Å²) in [6.07, 6.45) is 2.45. The Morgan fingerprint density at radius 2 is 1.84 bits per heavy atom. The van der Waals surface area contributed by atoms with Gasteiger partial charge in [-0.25, -0.2) is 13.1 Å². The van der Waals surface area contributed by atoms with Gasteiger partial charge in [-0.3, -0.25) is 9.59 Å². The van der Waals surface area contributed by atoms with Crippen LogP contribution in [0.1, 0.15) is 38.2 Å². The van der Waals surface area contributed by atoms with Gasteiger partial charge in [0, 0.05) is 25.6 Å². The highest BCUT2D eigenvalue weighted by Crippen LogP contribution is 2.22. The molecule has 0 heterocycles. The third-order valence-corrected chi connectivity index (χ3v) is 5.63. The summed E-state index contributed by atoms with van der Waals surface area (Å²) in [7, 11) is -3.46. The van der Waals surface area contributed by atoms with Crippen molar-refractivity contribution in [2.45, 2.75) is 50.0 Å². The Balaban J connectivity index is 1.88. The minimum absolute atomic E-state index is 0.0631. The summed E-state index contributed by atoms with van der Waals surface area (Å²) in [5.74, 6) is -1.03. The molecule has 0 unspecified atom stereocenters. The fourth-order valence-electron chi connectivity index (χ4n) is 2.42. The van der Waals surface area contributed by atoms with Gasteiger partial charge >= 0.3 is 5.97 Å². The van der Waals surface area contributed by atoms with Gasteiger partial charge in [0.1, 0.15) is 0 Å². The van der Waals surface area contributed by atoms with E-state index in [9.17, 15) is 18.0 Å². The molecule has 1 aromatic rings. The molecule has 25 heavy (non-hydrogen) atoms. The number of carboxylic acid groups (broad SMARTS) is 1. The quantitative estimate of drug-likeness (QED) is 0.649. The summed E-state index contributed by atoms with van der Waals surface area (Å²) in [4.78, 5) is 24.5. The fraction of sp³-hybridized carbons (Fsp3) is 0.529. The molecule has 0 atom stereocenters. The molecule has 1 aliphatic rings. The lowest BCUT2D eigenvalue weighted by Crippen LogP contribution is -2.33. The first kappa shape index (κ1) is 19.4. The fourth-order valence-corrected chi connectivity index (χ4v) is 3.73. The van der Waals surface area contributed by atoms with Crippen LogP contribution in [0.3, 0.4) is 0 Å². The largest absolute Gasteiger partial charge is 0.481 e. The molecule has 1 aromatic carbocycles. The highest BCUT2D eigenvalue weighted by Gasteiger charge is 2.27. The second kappa shape index (κ2) is 8.44. The molecule has 1 saturated carbocycles. The third kappa shape index (κ3) is 6.13. The van der Waals surface area contributed by atoms with E-state index < -0.39 is 16.0 Å². The summed E-state index contributed by atoms with van der Waals surface area (Å²) in [5.41, 5.74) is 0.869. The number of carboxylic acids is 1. The van der Waals surface area contributed by atoms with Crippen LogP contribution in [0.5, 0.6) is 0 Å². The zero-order valence-corrected chi connectivity index (χ0v) is 15.1. The molecule has 2 rings (SSSR count). The maximum absolute atomic E-state index is 12.1. The second-order valence-corrected chi connectivity index (χ2v) is 7.87. The number of benzene rings is 1. The van der Waals surface area contributed by atoms with E-state index in [1.165, 1.54) is 4.90 Å². The van der Waals surface area contributed by atoms with E-state index in [1.807, 2.05) is 6.92 Å². The number of carbonyl (C=O) groups is 2. The molecule has 0 spiro atoms. The van der Waals surface area contributed by atoms with Crippen LogP contribution >= 0.6 is 0 Å². The lowest BCUT2D eigenvalue weighted by molar-refractivity contribution is -0.138. The monoisotopic (exact) mass is 368 g/mol. The van der Waals surface area contributed by atoms with E-state index in [0.29, 0.717) is 13.0 Å². The number of carbonyl (C=O) groups excluding carboxylic acids is 1. The van der Waals surface area contributed by atoms with Crippen LogP contribution in [0.15, 0.2) is 29.2 Å². The van der Waals surface area contributed by atoms with E-state index in [2.05, 4.69) is 4.72 Å². The highest BCUT2D eigenvalue weighted by atomic mass is 32.2. The van der Waals surface area contributed by atoms with Crippen molar-refractivity contribution in [3.63, 3.8) is 0 Å². The van der Waals surface area contributed by atoms with Crippen molar-refractivity contribution >= 4 is 21.9 Å². The van der Waals surface area contributed by atoms with Crippen molar-refractivity contribution in [2.75, 3.05) is 13.1 Å². The number of aliphatic carboxylic acids is 1. The van der Waals surface area contributed by atoms with Gasteiger partial charge in [0.05, 0.1) is 11.3 Å². The van der Waals surface area contributed by atoms with Crippen molar-refractivity contribution in [1.29, 1.82) is 0 Å². The first-order valence-corrected chi connectivity index (χ1v) is 9.91. The number of nitrogens with zero attached hydrogens (tertiary/aromatic N) is 1. The molecule has 0 aromatic heterocycles. The molecule has 7 nitrogen and oxygen atoms in total. The number of amides is 1. The molecule has 1 fully saturated rings. The van der Waals surface area contributed by atoms with Crippen LogP contribution in [0.4, 0.5) is 0 Å². The molecule has 0 aliphatic heterocycles. The van der Waals surface area contributed by atoms with Crippen molar-refractivity contribution in [1.82, 2.24) is 9.62 Å². The summed E-state index contributed by atoms with van der Waals surface area (Å²) >= 11 is 0. The van der Waals surface area contributed by atoms with E-state index in [1.54, 1.807) is 24.3 Å². The smallest absolute Gasteiger partial charge is 0.305 e. The number of nitrogens with one attached hydrogen (secondary N) is 1. The van der Waals surface area contributed by atoms with Crippen LogP contribution in [0, 0.1) is 0 Å². The molecular formula is C17H24N2O5S. The average molecular weight is 368 g/mol. The van der Waals surface area contributed by atoms with Crippen molar-refractivity contribution in [2.24, 2.45) is 0 Å². The predicted octanol–water partition coefficient (Wildman–Crippen LogP) is 1.38. The van der Waals surface area contributed by atoms with Gasteiger partial charge in [-0.1, -0.05) is 12.1 Å². The zero-order valence-electron chi connectivity index (χ0n) is 14.3. The lowest BCUT2D eigenvalue weighted by Gasteiger charge is -2.20. The lowest BCUT2D eigenvalue weighted by atomic mass is 10.1. The van der Waals surface area contributed by atoms with Crippen LogP contribution in [-0.2, 0) is 26.0 Å². The number of hydrogen-bond acceptors (Lipinski definition) is 4. The van der Waals surface area contributed by atoms with E-state index in [0.717, 1.165) is 18.4 Å². The minimum atomic E-state index is -3.46. The Labute approximate surface area is 148 Å². The molecule has 138 valence electrons. The summed E-state index contributed by atoms with van der Waals surface area (Å²) in [6, 6.07) is 6.58. The minimum Gasteiger partial charge on any atom is -0.481 e. The molecule has 0 radical (unpaired) electrons. The molecule has 8 heteroatoms. The first-order valence-electron chi connectivity index (χ1n) is 8.42. The van der Waals surface area contributed by atoms with Crippen molar-refractivity contribution < 1.29 is 23.1 Å². The Morgan fingerprint density at radius 3 is 2.36 bits per heavy atom. The van der Waals surface area contributed by atoms with Gasteiger partial charge < -0.3 is 10.0 Å². The number of hydrogen-bond donors (Lipinski definition) is 2. The van der Waals surface area contributed by atoms with E-state index in [4.69, 9.17) is 5.11 Å². The Morgan fingerprint density at radius 1 is 1.20 bits per heavy atom. The van der Waals surface area contributed by atoms with E-state index >= 15 is 0 Å². The van der Waals surface area contributed by atoms with Gasteiger partial charge in [-0.2, -0.15) is 0 Å². The molecule has 0 bridgehead atoms. The van der Waals surface area contributed by atoms with Crippen molar-refractivity contribution in [3.8, 4) is 0 Å². The second-order valence-electron chi connectivity index (χ2n) is 6.16. The molecule has 1 aliphatic carbocycles. The van der Waals surface area contributed by atoms with Gasteiger partial charge in [0.2, 0.25) is 15.9 Å². The normalized spacial score (nSPS) is 14.3. The molecule has 0 saturated heterocycles.